The van der Waals surface area contributed by atoms with E-state index in [0.29, 0.717) is 27.9 Å². The van der Waals surface area contributed by atoms with Gasteiger partial charge in [-0.2, -0.15) is 5.10 Å². The van der Waals surface area contributed by atoms with Crippen LogP contribution in [-0.2, 0) is 0 Å². The van der Waals surface area contributed by atoms with Crippen LogP contribution in [0.25, 0.3) is 5.69 Å². The molecular formula is C18H16ClN3O3. The van der Waals surface area contributed by atoms with Gasteiger partial charge in [0, 0.05) is 28.9 Å². The van der Waals surface area contributed by atoms with Crippen LogP contribution in [-0.4, -0.2) is 29.9 Å². The summed E-state index contributed by atoms with van der Waals surface area (Å²) in [7, 11) is 3.06. The first-order chi connectivity index (χ1) is 12.1. The maximum absolute atomic E-state index is 12.5. The monoisotopic (exact) mass is 357 g/mol. The van der Waals surface area contributed by atoms with Crippen molar-refractivity contribution in [1.29, 1.82) is 0 Å². The van der Waals surface area contributed by atoms with Crippen molar-refractivity contribution in [2.24, 2.45) is 0 Å². The number of methoxy groups -OCH3 is 2. The van der Waals surface area contributed by atoms with E-state index < -0.39 is 0 Å². The average Bonchev–Trinajstić information content (AvgIpc) is 3.09. The van der Waals surface area contributed by atoms with Gasteiger partial charge in [0.2, 0.25) is 0 Å². The van der Waals surface area contributed by atoms with Crippen LogP contribution in [0.3, 0.4) is 0 Å². The Morgan fingerprint density at radius 3 is 2.44 bits per heavy atom. The molecule has 0 saturated heterocycles. The van der Waals surface area contributed by atoms with Crippen LogP contribution in [0.4, 0.5) is 5.82 Å². The van der Waals surface area contributed by atoms with Crippen molar-refractivity contribution in [2.45, 2.75) is 0 Å². The molecule has 3 rings (SSSR count). The van der Waals surface area contributed by atoms with Crippen LogP contribution >= 0.6 is 11.6 Å². The number of anilines is 1. The van der Waals surface area contributed by atoms with Crippen molar-refractivity contribution < 1.29 is 14.3 Å². The Morgan fingerprint density at radius 2 is 1.80 bits per heavy atom. The second-order valence-electron chi connectivity index (χ2n) is 5.18. The van der Waals surface area contributed by atoms with Gasteiger partial charge in [0.25, 0.3) is 5.91 Å². The van der Waals surface area contributed by atoms with Gasteiger partial charge >= 0.3 is 0 Å². The Balaban J connectivity index is 1.80. The van der Waals surface area contributed by atoms with Gasteiger partial charge < -0.3 is 14.8 Å². The van der Waals surface area contributed by atoms with E-state index in [0.717, 1.165) is 5.69 Å². The molecule has 0 fully saturated rings. The lowest BCUT2D eigenvalue weighted by Crippen LogP contribution is -2.13. The molecule has 0 unspecified atom stereocenters. The Bertz CT molecular complexity index is 886. The fraction of sp³-hybridized carbons (Fsp3) is 0.111. The third kappa shape index (κ3) is 3.92. The van der Waals surface area contributed by atoms with E-state index in [4.69, 9.17) is 21.1 Å². The average molecular weight is 358 g/mol. The zero-order valence-corrected chi connectivity index (χ0v) is 14.4. The number of aromatic nitrogens is 2. The fourth-order valence-electron chi connectivity index (χ4n) is 2.28. The van der Waals surface area contributed by atoms with Crippen LogP contribution in [0.5, 0.6) is 11.5 Å². The topological polar surface area (TPSA) is 65.4 Å². The van der Waals surface area contributed by atoms with Crippen molar-refractivity contribution in [3.8, 4) is 17.2 Å². The van der Waals surface area contributed by atoms with Gasteiger partial charge in [-0.3, -0.25) is 4.79 Å². The van der Waals surface area contributed by atoms with Crippen LogP contribution in [0.15, 0.2) is 54.7 Å². The van der Waals surface area contributed by atoms with E-state index in [2.05, 4.69) is 10.4 Å². The number of halogens is 1. The van der Waals surface area contributed by atoms with Gasteiger partial charge in [0.05, 0.1) is 19.9 Å². The first-order valence-corrected chi connectivity index (χ1v) is 7.83. The third-order valence-corrected chi connectivity index (χ3v) is 3.75. The van der Waals surface area contributed by atoms with Crippen molar-refractivity contribution in [1.82, 2.24) is 9.78 Å². The Morgan fingerprint density at radius 1 is 1.08 bits per heavy atom. The van der Waals surface area contributed by atoms with E-state index in [1.165, 1.54) is 14.2 Å². The molecule has 7 heteroatoms. The first kappa shape index (κ1) is 16.9. The molecule has 0 aliphatic rings. The number of rotatable bonds is 5. The number of carbonyl (C=O) groups excluding carboxylic acids is 1. The highest BCUT2D eigenvalue weighted by atomic mass is 35.5. The molecule has 0 aliphatic heterocycles. The molecule has 6 nitrogen and oxygen atoms in total. The highest BCUT2D eigenvalue weighted by Gasteiger charge is 2.12. The molecule has 1 N–H and O–H groups in total. The summed E-state index contributed by atoms with van der Waals surface area (Å²) in [6.45, 7) is 0. The standard InChI is InChI=1S/C18H16ClN3O3/c1-24-15-8-12(9-16(11-15)25-2)18(23)20-17-6-7-22(21-17)14-5-3-4-13(19)10-14/h3-11H,1-2H3,(H,20,21,23). The highest BCUT2D eigenvalue weighted by molar-refractivity contribution is 6.30. The van der Waals surface area contributed by atoms with E-state index in [9.17, 15) is 4.79 Å². The zero-order chi connectivity index (χ0) is 17.8. The summed E-state index contributed by atoms with van der Waals surface area (Å²) < 4.78 is 12.0. The van der Waals surface area contributed by atoms with Gasteiger partial charge in [0.15, 0.2) is 5.82 Å². The number of ether oxygens (including phenoxy) is 2. The maximum Gasteiger partial charge on any atom is 0.257 e. The summed E-state index contributed by atoms with van der Waals surface area (Å²) in [5.41, 5.74) is 1.21. The number of benzene rings is 2. The predicted molar refractivity (Wildman–Crippen MR) is 96.1 cm³/mol. The quantitative estimate of drug-likeness (QED) is 0.754. The smallest absolute Gasteiger partial charge is 0.257 e. The Kier molecular flexibility index (Phi) is 4.90. The van der Waals surface area contributed by atoms with E-state index in [-0.39, 0.29) is 5.91 Å². The van der Waals surface area contributed by atoms with E-state index in [1.807, 2.05) is 12.1 Å². The molecule has 1 amide bonds. The van der Waals surface area contributed by atoms with Crippen LogP contribution < -0.4 is 14.8 Å². The number of carbonyl (C=O) groups is 1. The summed E-state index contributed by atoms with van der Waals surface area (Å²) in [6, 6.07) is 13.9. The Labute approximate surface area is 149 Å². The van der Waals surface area contributed by atoms with E-state index >= 15 is 0 Å². The SMILES string of the molecule is COc1cc(OC)cc(C(=O)Nc2ccn(-c3cccc(Cl)c3)n2)c1. The largest absolute Gasteiger partial charge is 0.497 e. The number of hydrogen-bond acceptors (Lipinski definition) is 4. The number of hydrogen-bond donors (Lipinski definition) is 1. The molecule has 0 saturated carbocycles. The van der Waals surface area contributed by atoms with Crippen molar-refractivity contribution in [3.05, 3.63) is 65.3 Å². The lowest BCUT2D eigenvalue weighted by atomic mass is 10.2. The van der Waals surface area contributed by atoms with E-state index in [1.54, 1.807) is 47.3 Å². The van der Waals surface area contributed by atoms with Gasteiger partial charge in [-0.25, -0.2) is 4.68 Å². The molecule has 1 aromatic heterocycles. The van der Waals surface area contributed by atoms with Crippen LogP contribution in [0, 0.1) is 0 Å². The fourth-order valence-corrected chi connectivity index (χ4v) is 2.46. The van der Waals surface area contributed by atoms with Crippen LogP contribution in [0.2, 0.25) is 5.02 Å². The molecular weight excluding hydrogens is 342 g/mol. The molecule has 128 valence electrons. The van der Waals surface area contributed by atoms with Gasteiger partial charge in [0.1, 0.15) is 11.5 Å². The minimum Gasteiger partial charge on any atom is -0.497 e. The number of nitrogens with zero attached hydrogens (tertiary/aromatic N) is 2. The molecule has 0 atom stereocenters. The number of amides is 1. The molecule has 2 aromatic carbocycles. The maximum atomic E-state index is 12.5. The van der Waals surface area contributed by atoms with Crippen molar-refractivity contribution >= 4 is 23.3 Å². The first-order valence-electron chi connectivity index (χ1n) is 7.45. The second-order valence-corrected chi connectivity index (χ2v) is 5.62. The predicted octanol–water partition coefficient (Wildman–Crippen LogP) is 3.80. The zero-order valence-electron chi connectivity index (χ0n) is 13.7. The summed E-state index contributed by atoms with van der Waals surface area (Å²) in [5, 5.41) is 7.70. The molecule has 0 bridgehead atoms. The highest BCUT2D eigenvalue weighted by Crippen LogP contribution is 2.23. The molecule has 0 radical (unpaired) electrons. The Hall–Kier alpha value is -2.99. The molecule has 0 aliphatic carbocycles. The minimum atomic E-state index is -0.312. The van der Waals surface area contributed by atoms with Crippen molar-refractivity contribution in [3.63, 3.8) is 0 Å². The summed E-state index contributed by atoms with van der Waals surface area (Å²) >= 11 is 5.99. The number of nitrogens with one attached hydrogen (secondary N) is 1. The van der Waals surface area contributed by atoms with Crippen molar-refractivity contribution in [2.75, 3.05) is 19.5 Å². The summed E-state index contributed by atoms with van der Waals surface area (Å²) in [4.78, 5) is 12.5. The third-order valence-electron chi connectivity index (χ3n) is 3.52. The minimum absolute atomic E-state index is 0.312. The van der Waals surface area contributed by atoms with Gasteiger partial charge in [-0.15, -0.1) is 0 Å². The second kappa shape index (κ2) is 7.27. The summed E-state index contributed by atoms with van der Waals surface area (Å²) in [6.07, 6.45) is 1.74. The lowest BCUT2D eigenvalue weighted by molar-refractivity contribution is 0.102. The van der Waals surface area contributed by atoms with Crippen LogP contribution in [0.1, 0.15) is 10.4 Å². The molecule has 0 spiro atoms. The van der Waals surface area contributed by atoms with Gasteiger partial charge in [-0.05, 0) is 30.3 Å². The molecule has 1 heterocycles. The lowest BCUT2D eigenvalue weighted by Gasteiger charge is -2.08. The molecule has 25 heavy (non-hydrogen) atoms. The normalized spacial score (nSPS) is 10.4. The summed E-state index contributed by atoms with van der Waals surface area (Å²) in [5.74, 6) is 1.18. The molecule has 3 aromatic rings. The van der Waals surface area contributed by atoms with Gasteiger partial charge in [-0.1, -0.05) is 17.7 Å².